The van der Waals surface area contributed by atoms with Gasteiger partial charge in [0.1, 0.15) is 11.4 Å². The van der Waals surface area contributed by atoms with Gasteiger partial charge in [0.05, 0.1) is 29.5 Å². The SMILES string of the molecule is Cc1nc(-c2onc(C)c2CN)ccc1O[C@H]1CCC[C@H](C(=O)OC(C)C)C1. The quantitative estimate of drug-likeness (QED) is 0.754. The zero-order valence-corrected chi connectivity index (χ0v) is 17.0. The Hall–Kier alpha value is -2.41. The van der Waals surface area contributed by atoms with Crippen molar-refractivity contribution in [1.29, 1.82) is 0 Å². The maximum Gasteiger partial charge on any atom is 0.309 e. The molecule has 2 N–H and O–H groups in total. The van der Waals surface area contributed by atoms with Crippen LogP contribution in [0.25, 0.3) is 11.5 Å². The highest BCUT2D eigenvalue weighted by molar-refractivity contribution is 5.72. The summed E-state index contributed by atoms with van der Waals surface area (Å²) >= 11 is 0. The second-order valence-electron chi connectivity index (χ2n) is 7.65. The number of carbonyl (C=O) groups is 1. The second kappa shape index (κ2) is 8.73. The fourth-order valence-corrected chi connectivity index (χ4v) is 3.60. The number of nitrogens with two attached hydrogens (primary N) is 1. The summed E-state index contributed by atoms with van der Waals surface area (Å²) in [5, 5.41) is 3.98. The summed E-state index contributed by atoms with van der Waals surface area (Å²) in [6.07, 6.45) is 3.29. The molecule has 1 fully saturated rings. The van der Waals surface area contributed by atoms with E-state index in [-0.39, 0.29) is 24.1 Å². The molecule has 0 saturated heterocycles. The van der Waals surface area contributed by atoms with Crippen LogP contribution in [0.2, 0.25) is 0 Å². The van der Waals surface area contributed by atoms with E-state index in [1.807, 2.05) is 39.8 Å². The van der Waals surface area contributed by atoms with Gasteiger partial charge in [0.25, 0.3) is 0 Å². The Balaban J connectivity index is 1.70. The highest BCUT2D eigenvalue weighted by atomic mass is 16.5. The van der Waals surface area contributed by atoms with Crippen LogP contribution in [0.5, 0.6) is 5.75 Å². The van der Waals surface area contributed by atoms with Crippen LogP contribution in [0.3, 0.4) is 0 Å². The van der Waals surface area contributed by atoms with Gasteiger partial charge in [0, 0.05) is 12.1 Å². The van der Waals surface area contributed by atoms with Gasteiger partial charge in [-0.05, 0) is 65.5 Å². The van der Waals surface area contributed by atoms with Gasteiger partial charge in [-0.2, -0.15) is 0 Å². The zero-order chi connectivity index (χ0) is 20.3. The molecule has 152 valence electrons. The lowest BCUT2D eigenvalue weighted by Gasteiger charge is -2.29. The van der Waals surface area contributed by atoms with Gasteiger partial charge in [0.15, 0.2) is 5.76 Å². The summed E-state index contributed by atoms with van der Waals surface area (Å²) in [4.78, 5) is 16.8. The summed E-state index contributed by atoms with van der Waals surface area (Å²) in [6, 6.07) is 3.75. The summed E-state index contributed by atoms with van der Waals surface area (Å²) in [5.41, 5.74) is 8.89. The Bertz CT molecular complexity index is 831. The van der Waals surface area contributed by atoms with Crippen molar-refractivity contribution in [3.63, 3.8) is 0 Å². The molecule has 7 nitrogen and oxygen atoms in total. The largest absolute Gasteiger partial charge is 0.489 e. The van der Waals surface area contributed by atoms with Crippen molar-refractivity contribution in [1.82, 2.24) is 10.1 Å². The minimum atomic E-state index is -0.122. The molecule has 2 aromatic heterocycles. The molecule has 2 heterocycles. The molecule has 0 bridgehead atoms. The Morgan fingerprint density at radius 3 is 2.75 bits per heavy atom. The number of hydrogen-bond acceptors (Lipinski definition) is 7. The topological polar surface area (TPSA) is 100 Å². The van der Waals surface area contributed by atoms with E-state index in [0.717, 1.165) is 42.0 Å². The predicted molar refractivity (Wildman–Crippen MR) is 105 cm³/mol. The fourth-order valence-electron chi connectivity index (χ4n) is 3.60. The van der Waals surface area contributed by atoms with Crippen LogP contribution in [0, 0.1) is 19.8 Å². The molecule has 0 aromatic carbocycles. The molecule has 0 spiro atoms. The Kier molecular flexibility index (Phi) is 6.34. The third kappa shape index (κ3) is 4.52. The van der Waals surface area contributed by atoms with E-state index >= 15 is 0 Å². The van der Waals surface area contributed by atoms with Crippen LogP contribution in [0.15, 0.2) is 16.7 Å². The van der Waals surface area contributed by atoms with E-state index in [4.69, 9.17) is 19.7 Å². The van der Waals surface area contributed by atoms with Crippen LogP contribution in [0.1, 0.15) is 56.5 Å². The number of pyridine rings is 1. The summed E-state index contributed by atoms with van der Waals surface area (Å²) < 4.78 is 17.0. The van der Waals surface area contributed by atoms with E-state index in [1.54, 1.807) is 0 Å². The van der Waals surface area contributed by atoms with E-state index in [2.05, 4.69) is 10.1 Å². The van der Waals surface area contributed by atoms with Crippen molar-refractivity contribution < 1.29 is 18.8 Å². The molecule has 3 rings (SSSR count). The molecule has 2 atom stereocenters. The number of esters is 1. The molecule has 0 aliphatic heterocycles. The standard InChI is InChI=1S/C21H29N3O4/c1-12(2)26-21(25)15-6-5-7-16(10-15)27-19-9-8-18(23-14(19)4)20-17(11-22)13(3)24-28-20/h8-9,12,15-16H,5-7,10-11,22H2,1-4H3/t15-,16-/m0/s1. The smallest absolute Gasteiger partial charge is 0.309 e. The third-order valence-corrected chi connectivity index (χ3v) is 5.06. The summed E-state index contributed by atoms with van der Waals surface area (Å²) in [5.74, 6) is 1.10. The number of aryl methyl sites for hydroxylation is 2. The average molecular weight is 387 g/mol. The zero-order valence-electron chi connectivity index (χ0n) is 17.0. The molecule has 7 heteroatoms. The van der Waals surface area contributed by atoms with E-state index in [9.17, 15) is 4.79 Å². The Morgan fingerprint density at radius 2 is 2.07 bits per heavy atom. The number of ether oxygens (including phenoxy) is 2. The second-order valence-corrected chi connectivity index (χ2v) is 7.65. The lowest BCUT2D eigenvalue weighted by atomic mass is 9.87. The number of aromatic nitrogens is 2. The first kappa shape index (κ1) is 20.3. The minimum Gasteiger partial charge on any atom is -0.489 e. The maximum absolute atomic E-state index is 12.2. The molecule has 1 aliphatic rings. The molecule has 0 amide bonds. The Morgan fingerprint density at radius 1 is 1.29 bits per heavy atom. The first-order valence-corrected chi connectivity index (χ1v) is 9.89. The molecule has 0 unspecified atom stereocenters. The van der Waals surface area contributed by atoms with Gasteiger partial charge in [-0.25, -0.2) is 4.98 Å². The van der Waals surface area contributed by atoms with Gasteiger partial charge < -0.3 is 19.7 Å². The molecule has 0 radical (unpaired) electrons. The molecule has 28 heavy (non-hydrogen) atoms. The van der Waals surface area contributed by atoms with Crippen molar-refractivity contribution in [2.24, 2.45) is 11.7 Å². The lowest BCUT2D eigenvalue weighted by Crippen LogP contribution is -2.31. The molecular weight excluding hydrogens is 358 g/mol. The average Bonchev–Trinajstić information content (AvgIpc) is 3.03. The Labute approximate surface area is 165 Å². The van der Waals surface area contributed by atoms with Crippen molar-refractivity contribution in [3.05, 3.63) is 29.1 Å². The van der Waals surface area contributed by atoms with Crippen molar-refractivity contribution >= 4 is 5.97 Å². The monoisotopic (exact) mass is 387 g/mol. The first-order chi connectivity index (χ1) is 13.4. The fraction of sp³-hybridized carbons (Fsp3) is 0.571. The van der Waals surface area contributed by atoms with Crippen molar-refractivity contribution in [2.75, 3.05) is 0 Å². The van der Waals surface area contributed by atoms with Gasteiger partial charge in [-0.3, -0.25) is 4.79 Å². The first-order valence-electron chi connectivity index (χ1n) is 9.89. The van der Waals surface area contributed by atoms with Crippen LogP contribution >= 0.6 is 0 Å². The van der Waals surface area contributed by atoms with Crippen LogP contribution in [-0.4, -0.2) is 28.3 Å². The highest BCUT2D eigenvalue weighted by Gasteiger charge is 2.30. The molecule has 1 aliphatic carbocycles. The number of hydrogen-bond donors (Lipinski definition) is 1. The minimum absolute atomic E-state index is 0.0167. The number of rotatable bonds is 6. The normalized spacial score (nSPS) is 19.6. The van der Waals surface area contributed by atoms with Gasteiger partial charge >= 0.3 is 5.97 Å². The highest BCUT2D eigenvalue weighted by Crippen LogP contribution is 2.32. The van der Waals surface area contributed by atoms with E-state index in [0.29, 0.717) is 24.4 Å². The summed E-state index contributed by atoms with van der Waals surface area (Å²) in [7, 11) is 0. The number of carbonyl (C=O) groups excluding carboxylic acids is 1. The van der Waals surface area contributed by atoms with Crippen LogP contribution in [-0.2, 0) is 16.1 Å². The van der Waals surface area contributed by atoms with Crippen LogP contribution in [0.4, 0.5) is 0 Å². The molecular formula is C21H29N3O4. The van der Waals surface area contributed by atoms with Gasteiger partial charge in [-0.15, -0.1) is 0 Å². The van der Waals surface area contributed by atoms with E-state index < -0.39 is 0 Å². The number of nitrogens with zero attached hydrogens (tertiary/aromatic N) is 2. The van der Waals surface area contributed by atoms with Gasteiger partial charge in [-0.1, -0.05) is 5.16 Å². The lowest BCUT2D eigenvalue weighted by molar-refractivity contribution is -0.154. The summed E-state index contributed by atoms with van der Waals surface area (Å²) in [6.45, 7) is 7.86. The maximum atomic E-state index is 12.2. The van der Waals surface area contributed by atoms with Crippen molar-refractivity contribution in [3.8, 4) is 17.2 Å². The van der Waals surface area contributed by atoms with Crippen LogP contribution < -0.4 is 10.5 Å². The molecule has 1 saturated carbocycles. The third-order valence-electron chi connectivity index (χ3n) is 5.06. The molecule has 2 aromatic rings. The van der Waals surface area contributed by atoms with Crippen molar-refractivity contribution in [2.45, 2.75) is 72.1 Å². The van der Waals surface area contributed by atoms with E-state index in [1.165, 1.54) is 0 Å². The predicted octanol–water partition coefficient (Wildman–Crippen LogP) is 3.70. The van der Waals surface area contributed by atoms with Gasteiger partial charge in [0.2, 0.25) is 0 Å².